The van der Waals surface area contributed by atoms with Gasteiger partial charge in [-0.3, -0.25) is 0 Å². The SMILES string of the molecule is Nc1ccccc1C(O)CCc1cccs1. The number of aliphatic hydroxyl groups excluding tert-OH is 1. The van der Waals surface area contributed by atoms with Gasteiger partial charge in [0.05, 0.1) is 6.10 Å². The molecule has 0 aliphatic carbocycles. The van der Waals surface area contributed by atoms with Crippen LogP contribution >= 0.6 is 11.3 Å². The highest BCUT2D eigenvalue weighted by molar-refractivity contribution is 7.09. The van der Waals surface area contributed by atoms with Gasteiger partial charge in [0.25, 0.3) is 0 Å². The predicted octanol–water partition coefficient (Wildman–Crippen LogP) is 3.00. The Morgan fingerprint density at radius 2 is 2.00 bits per heavy atom. The standard InChI is InChI=1S/C13H15NOS/c14-12-6-2-1-5-11(12)13(15)8-7-10-4-3-9-16-10/h1-6,9,13,15H,7-8,14H2. The summed E-state index contributed by atoms with van der Waals surface area (Å²) in [6.07, 6.45) is 1.14. The van der Waals surface area contributed by atoms with Crippen LogP contribution in [0, 0.1) is 0 Å². The highest BCUT2D eigenvalue weighted by Crippen LogP contribution is 2.24. The van der Waals surface area contributed by atoms with Crippen molar-refractivity contribution in [2.24, 2.45) is 0 Å². The normalized spacial score (nSPS) is 12.6. The lowest BCUT2D eigenvalue weighted by atomic mass is 10.0. The van der Waals surface area contributed by atoms with E-state index in [1.165, 1.54) is 4.88 Å². The second-order valence-electron chi connectivity index (χ2n) is 3.76. The van der Waals surface area contributed by atoms with Gasteiger partial charge in [-0.25, -0.2) is 0 Å². The minimum absolute atomic E-state index is 0.469. The van der Waals surface area contributed by atoms with Crippen molar-refractivity contribution in [2.75, 3.05) is 5.73 Å². The molecule has 0 bridgehead atoms. The van der Waals surface area contributed by atoms with E-state index < -0.39 is 6.10 Å². The minimum Gasteiger partial charge on any atom is -0.398 e. The van der Waals surface area contributed by atoms with Crippen molar-refractivity contribution < 1.29 is 5.11 Å². The molecule has 2 aromatic rings. The number of aliphatic hydroxyl groups is 1. The number of benzene rings is 1. The summed E-state index contributed by atoms with van der Waals surface area (Å²) in [5.74, 6) is 0. The zero-order valence-electron chi connectivity index (χ0n) is 8.97. The Kier molecular flexibility index (Phi) is 3.59. The fraction of sp³-hybridized carbons (Fsp3) is 0.231. The summed E-state index contributed by atoms with van der Waals surface area (Å²) in [4.78, 5) is 1.30. The zero-order chi connectivity index (χ0) is 11.4. The monoisotopic (exact) mass is 233 g/mol. The van der Waals surface area contributed by atoms with Crippen LogP contribution < -0.4 is 5.73 Å². The van der Waals surface area contributed by atoms with Gasteiger partial charge in [0.15, 0.2) is 0 Å². The summed E-state index contributed by atoms with van der Waals surface area (Å²) in [5.41, 5.74) is 7.31. The molecule has 0 amide bonds. The van der Waals surface area contributed by atoms with Gasteiger partial charge in [0.2, 0.25) is 0 Å². The Morgan fingerprint density at radius 1 is 1.19 bits per heavy atom. The Balaban J connectivity index is 1.98. The van der Waals surface area contributed by atoms with Gasteiger partial charge in [-0.2, -0.15) is 0 Å². The van der Waals surface area contributed by atoms with Crippen LogP contribution in [-0.2, 0) is 6.42 Å². The van der Waals surface area contributed by atoms with Crippen LogP contribution in [0.2, 0.25) is 0 Å². The number of nitrogens with two attached hydrogens (primary N) is 1. The van der Waals surface area contributed by atoms with Gasteiger partial charge in [0.1, 0.15) is 0 Å². The van der Waals surface area contributed by atoms with Crippen LogP contribution in [0.3, 0.4) is 0 Å². The van der Waals surface area contributed by atoms with Gasteiger partial charge in [-0.05, 0) is 30.4 Å². The van der Waals surface area contributed by atoms with E-state index in [4.69, 9.17) is 5.73 Å². The maximum atomic E-state index is 10.0. The van der Waals surface area contributed by atoms with Crippen LogP contribution in [0.15, 0.2) is 41.8 Å². The van der Waals surface area contributed by atoms with Gasteiger partial charge in [0, 0.05) is 16.1 Å². The number of aryl methyl sites for hydroxylation is 1. The molecule has 1 unspecified atom stereocenters. The lowest BCUT2D eigenvalue weighted by molar-refractivity contribution is 0.169. The molecule has 1 aromatic heterocycles. The average molecular weight is 233 g/mol. The number of hydrogen-bond donors (Lipinski definition) is 2. The van der Waals surface area contributed by atoms with Crippen molar-refractivity contribution in [3.05, 3.63) is 52.2 Å². The molecule has 0 spiro atoms. The molecule has 16 heavy (non-hydrogen) atoms. The second kappa shape index (κ2) is 5.14. The molecule has 1 aromatic carbocycles. The van der Waals surface area contributed by atoms with E-state index in [0.717, 1.165) is 12.0 Å². The molecule has 0 aliphatic rings. The third-order valence-corrected chi connectivity index (χ3v) is 3.54. The van der Waals surface area contributed by atoms with E-state index in [1.807, 2.05) is 30.3 Å². The van der Waals surface area contributed by atoms with Crippen molar-refractivity contribution in [3.63, 3.8) is 0 Å². The zero-order valence-corrected chi connectivity index (χ0v) is 9.78. The first-order valence-electron chi connectivity index (χ1n) is 5.32. The second-order valence-corrected chi connectivity index (χ2v) is 4.79. The Labute approximate surface area is 99.4 Å². The third-order valence-electron chi connectivity index (χ3n) is 2.60. The smallest absolute Gasteiger partial charge is 0.0813 e. The number of thiophene rings is 1. The van der Waals surface area contributed by atoms with Crippen molar-refractivity contribution in [2.45, 2.75) is 18.9 Å². The number of para-hydroxylation sites is 1. The highest BCUT2D eigenvalue weighted by atomic mass is 32.1. The van der Waals surface area contributed by atoms with Crippen LogP contribution in [0.4, 0.5) is 5.69 Å². The topological polar surface area (TPSA) is 46.2 Å². The van der Waals surface area contributed by atoms with E-state index in [9.17, 15) is 5.11 Å². The largest absolute Gasteiger partial charge is 0.398 e. The molecular formula is C13H15NOS. The van der Waals surface area contributed by atoms with E-state index in [2.05, 4.69) is 11.4 Å². The van der Waals surface area contributed by atoms with Crippen LogP contribution in [0.1, 0.15) is 23.0 Å². The first-order chi connectivity index (χ1) is 7.77. The molecule has 2 nitrogen and oxygen atoms in total. The Hall–Kier alpha value is -1.32. The number of nitrogen functional groups attached to an aromatic ring is 1. The summed E-state index contributed by atoms with van der Waals surface area (Å²) in [5, 5.41) is 12.1. The van der Waals surface area contributed by atoms with E-state index in [-0.39, 0.29) is 0 Å². The molecule has 84 valence electrons. The lowest BCUT2D eigenvalue weighted by Gasteiger charge is -2.12. The van der Waals surface area contributed by atoms with Crippen molar-refractivity contribution in [1.82, 2.24) is 0 Å². The van der Waals surface area contributed by atoms with E-state index in [1.54, 1.807) is 11.3 Å². The Morgan fingerprint density at radius 3 is 2.69 bits per heavy atom. The molecular weight excluding hydrogens is 218 g/mol. The quantitative estimate of drug-likeness (QED) is 0.797. The fourth-order valence-electron chi connectivity index (χ4n) is 1.70. The molecule has 0 radical (unpaired) electrons. The predicted molar refractivity (Wildman–Crippen MR) is 68.5 cm³/mol. The lowest BCUT2D eigenvalue weighted by Crippen LogP contribution is -2.02. The first-order valence-corrected chi connectivity index (χ1v) is 6.20. The van der Waals surface area contributed by atoms with Crippen molar-refractivity contribution in [1.29, 1.82) is 0 Å². The number of hydrogen-bond acceptors (Lipinski definition) is 3. The highest BCUT2D eigenvalue weighted by Gasteiger charge is 2.10. The van der Waals surface area contributed by atoms with E-state index >= 15 is 0 Å². The Bertz CT molecular complexity index is 439. The van der Waals surface area contributed by atoms with Gasteiger partial charge in [-0.1, -0.05) is 24.3 Å². The van der Waals surface area contributed by atoms with Crippen LogP contribution in [0.25, 0.3) is 0 Å². The average Bonchev–Trinajstić information content (AvgIpc) is 2.79. The summed E-state index contributed by atoms with van der Waals surface area (Å²) in [6.45, 7) is 0. The number of rotatable bonds is 4. The molecule has 3 N–H and O–H groups in total. The molecule has 0 saturated carbocycles. The van der Waals surface area contributed by atoms with Gasteiger partial charge < -0.3 is 10.8 Å². The van der Waals surface area contributed by atoms with Crippen LogP contribution in [0.5, 0.6) is 0 Å². The molecule has 0 saturated heterocycles. The number of anilines is 1. The summed E-state index contributed by atoms with van der Waals surface area (Å²) in [7, 11) is 0. The molecule has 0 aliphatic heterocycles. The molecule has 1 heterocycles. The molecule has 0 fully saturated rings. The molecule has 3 heteroatoms. The first kappa shape index (κ1) is 11.2. The maximum absolute atomic E-state index is 10.0. The fourth-order valence-corrected chi connectivity index (χ4v) is 2.43. The molecule has 1 atom stereocenters. The summed E-state index contributed by atoms with van der Waals surface area (Å²) in [6, 6.07) is 11.6. The van der Waals surface area contributed by atoms with E-state index in [0.29, 0.717) is 12.1 Å². The van der Waals surface area contributed by atoms with Gasteiger partial charge >= 0.3 is 0 Å². The summed E-state index contributed by atoms with van der Waals surface area (Å²) >= 11 is 1.72. The van der Waals surface area contributed by atoms with Crippen molar-refractivity contribution >= 4 is 17.0 Å². The van der Waals surface area contributed by atoms with Crippen LogP contribution in [-0.4, -0.2) is 5.11 Å². The summed E-state index contributed by atoms with van der Waals surface area (Å²) < 4.78 is 0. The maximum Gasteiger partial charge on any atom is 0.0813 e. The minimum atomic E-state index is -0.469. The van der Waals surface area contributed by atoms with Gasteiger partial charge in [-0.15, -0.1) is 11.3 Å². The molecule has 2 rings (SSSR count). The van der Waals surface area contributed by atoms with Crippen molar-refractivity contribution in [3.8, 4) is 0 Å². The third kappa shape index (κ3) is 2.62.